The minimum Gasteiger partial charge on any atom is -0.308 e. The van der Waals surface area contributed by atoms with Gasteiger partial charge < -0.3 is 4.57 Å². The Bertz CT molecular complexity index is 3430. The van der Waals surface area contributed by atoms with Crippen molar-refractivity contribution in [2.45, 2.75) is 12.4 Å². The summed E-state index contributed by atoms with van der Waals surface area (Å²) < 4.78 is 88.2. The minimum atomic E-state index is -5.14. The highest BCUT2D eigenvalue weighted by Gasteiger charge is 2.38. The van der Waals surface area contributed by atoms with E-state index in [1.807, 2.05) is 126 Å². The average molecular weight is 889 g/mol. The highest BCUT2D eigenvalue weighted by molar-refractivity contribution is 6.12. The van der Waals surface area contributed by atoms with Gasteiger partial charge in [0.1, 0.15) is 0 Å². The van der Waals surface area contributed by atoms with E-state index in [1.54, 1.807) is 30.3 Å². The number of nitrogens with zero attached hydrogens (tertiary/aromatic N) is 6. The molecule has 0 saturated heterocycles. The van der Waals surface area contributed by atoms with Crippen LogP contribution in [0.25, 0.3) is 95.0 Å². The van der Waals surface area contributed by atoms with Gasteiger partial charge in [-0.2, -0.15) is 36.9 Å². The van der Waals surface area contributed by atoms with Crippen LogP contribution in [-0.4, -0.2) is 19.5 Å². The lowest BCUT2D eigenvalue weighted by atomic mass is 9.95. The molecule has 0 aliphatic rings. The molecule has 67 heavy (non-hydrogen) atoms. The SMILES string of the molecule is N#Cc1ccc(-c2ccc3c(c2)c2cc(-c4ccc(C#N)cc4)ccc2n3-c2cc(-c3ccc(C(F)(F)F)cc3C(F)(F)F)ccc2-c2nc(-c3ccccc3)nc(-c3ccccc3)n2)cc1. The van der Waals surface area contributed by atoms with Gasteiger partial charge in [-0.05, 0) is 106 Å². The topological polar surface area (TPSA) is 91.2 Å². The number of alkyl halides is 6. The zero-order valence-corrected chi connectivity index (χ0v) is 34.8. The molecule has 12 heteroatoms. The van der Waals surface area contributed by atoms with Crippen LogP contribution in [-0.2, 0) is 12.4 Å². The van der Waals surface area contributed by atoms with Crippen LogP contribution in [0.3, 0.4) is 0 Å². The molecule has 0 fully saturated rings. The van der Waals surface area contributed by atoms with E-state index in [1.165, 1.54) is 12.1 Å². The molecule has 0 saturated carbocycles. The second kappa shape index (κ2) is 16.6. The van der Waals surface area contributed by atoms with E-state index < -0.39 is 29.0 Å². The van der Waals surface area contributed by atoms with Crippen LogP contribution in [0, 0.1) is 22.7 Å². The lowest BCUT2D eigenvalue weighted by Crippen LogP contribution is -2.12. The molecule has 0 N–H and O–H groups in total. The number of halogens is 6. The smallest absolute Gasteiger partial charge is 0.308 e. The van der Waals surface area contributed by atoms with E-state index in [9.17, 15) is 36.9 Å². The van der Waals surface area contributed by atoms with Gasteiger partial charge in [0, 0.05) is 27.5 Å². The van der Waals surface area contributed by atoms with Gasteiger partial charge in [0.15, 0.2) is 17.5 Å². The fraction of sp³-hybridized carbons (Fsp3) is 0.0364. The van der Waals surface area contributed by atoms with Crippen molar-refractivity contribution in [2.24, 2.45) is 0 Å². The van der Waals surface area contributed by atoms with Crippen molar-refractivity contribution in [1.29, 1.82) is 10.5 Å². The number of rotatable bonds is 7. The van der Waals surface area contributed by atoms with Crippen LogP contribution in [0.4, 0.5) is 26.3 Å². The molecule has 0 bridgehead atoms. The first-order valence-corrected chi connectivity index (χ1v) is 20.8. The first-order chi connectivity index (χ1) is 32.4. The molecule has 6 nitrogen and oxygen atoms in total. The quantitative estimate of drug-likeness (QED) is 0.149. The second-order valence-corrected chi connectivity index (χ2v) is 15.7. The molecular weight excluding hydrogens is 859 g/mol. The molecule has 0 aliphatic carbocycles. The van der Waals surface area contributed by atoms with E-state index in [2.05, 4.69) is 12.1 Å². The van der Waals surface area contributed by atoms with Gasteiger partial charge in [0.05, 0.1) is 51.1 Å². The van der Waals surface area contributed by atoms with Gasteiger partial charge in [-0.15, -0.1) is 0 Å². The van der Waals surface area contributed by atoms with Crippen LogP contribution in [0.1, 0.15) is 22.3 Å². The first kappa shape index (κ1) is 42.1. The first-order valence-electron chi connectivity index (χ1n) is 20.8. The summed E-state index contributed by atoms with van der Waals surface area (Å²) in [6.45, 7) is 0. The van der Waals surface area contributed by atoms with Crippen molar-refractivity contribution in [3.8, 4) is 85.4 Å². The molecule has 2 aromatic heterocycles. The lowest BCUT2D eigenvalue weighted by molar-refractivity contribution is -0.142. The zero-order valence-electron chi connectivity index (χ0n) is 34.8. The van der Waals surface area contributed by atoms with E-state index in [-0.39, 0.29) is 17.5 Å². The van der Waals surface area contributed by atoms with Gasteiger partial charge in [0.25, 0.3) is 0 Å². The van der Waals surface area contributed by atoms with Crippen LogP contribution < -0.4 is 0 Å². The maximum Gasteiger partial charge on any atom is 0.417 e. The fourth-order valence-corrected chi connectivity index (χ4v) is 8.33. The number of aromatic nitrogens is 4. The molecule has 0 atom stereocenters. The Morgan fingerprint density at radius 2 is 0.836 bits per heavy atom. The van der Waals surface area contributed by atoms with Crippen molar-refractivity contribution in [1.82, 2.24) is 19.5 Å². The Morgan fingerprint density at radius 3 is 1.30 bits per heavy atom. The van der Waals surface area contributed by atoms with Crippen molar-refractivity contribution in [2.75, 3.05) is 0 Å². The molecule has 0 unspecified atom stereocenters. The number of nitriles is 2. The Balaban J connectivity index is 1.29. The van der Waals surface area contributed by atoms with E-state index >= 15 is 0 Å². The van der Waals surface area contributed by atoms with E-state index in [0.717, 1.165) is 39.1 Å². The normalized spacial score (nSPS) is 11.7. The van der Waals surface area contributed by atoms with Gasteiger partial charge in [0.2, 0.25) is 0 Å². The molecule has 10 aromatic rings. The predicted octanol–water partition coefficient (Wildman–Crippen LogP) is 14.8. The monoisotopic (exact) mass is 888 g/mol. The summed E-state index contributed by atoms with van der Waals surface area (Å²) in [7, 11) is 0. The molecule has 0 radical (unpaired) electrons. The standard InChI is InChI=1S/C55H30F6N6/c56-54(57,58)42-22-24-43(47(30-42)55(59,60)61)41-19-23-44(53-65-51(37-7-3-1-4-8-37)64-52(66-53)38-9-5-2-6-10-38)50(29-41)67-48-25-20-39(35-15-11-33(31-62)12-16-35)27-45(48)46-28-40(21-26-49(46)67)36-17-13-34(32-63)14-18-36/h1-30H. The Kier molecular flexibility index (Phi) is 10.4. The predicted molar refractivity (Wildman–Crippen MR) is 246 cm³/mol. The van der Waals surface area contributed by atoms with Crippen LogP contribution >= 0.6 is 0 Å². The molecule has 0 aliphatic heterocycles. The number of hydrogen-bond acceptors (Lipinski definition) is 5. The highest BCUT2D eigenvalue weighted by atomic mass is 19.4. The molecule has 322 valence electrons. The fourth-order valence-electron chi connectivity index (χ4n) is 8.33. The maximum absolute atomic E-state index is 14.9. The summed E-state index contributed by atoms with van der Waals surface area (Å²) in [6.07, 6.45) is -10.2. The van der Waals surface area contributed by atoms with Gasteiger partial charge >= 0.3 is 12.4 Å². The molecule has 8 aromatic carbocycles. The third-order valence-corrected chi connectivity index (χ3v) is 11.6. The minimum absolute atomic E-state index is 0.00109. The van der Waals surface area contributed by atoms with Crippen molar-refractivity contribution < 1.29 is 26.3 Å². The van der Waals surface area contributed by atoms with Gasteiger partial charge in [-0.25, -0.2) is 15.0 Å². The number of benzene rings is 8. The molecule has 0 spiro atoms. The highest BCUT2D eigenvalue weighted by Crippen LogP contribution is 2.45. The van der Waals surface area contributed by atoms with E-state index in [0.29, 0.717) is 62.3 Å². The average Bonchev–Trinajstić information content (AvgIpc) is 3.68. The Labute approximate surface area is 379 Å². The van der Waals surface area contributed by atoms with E-state index in [4.69, 9.17) is 15.0 Å². The van der Waals surface area contributed by atoms with Crippen LogP contribution in [0.2, 0.25) is 0 Å². The molecule has 2 heterocycles. The summed E-state index contributed by atoms with van der Waals surface area (Å²) in [5.74, 6) is 0.863. The Hall–Kier alpha value is -8.87. The van der Waals surface area contributed by atoms with Crippen molar-refractivity contribution in [3.63, 3.8) is 0 Å². The zero-order chi connectivity index (χ0) is 46.5. The van der Waals surface area contributed by atoms with Crippen LogP contribution in [0.5, 0.6) is 0 Å². The third kappa shape index (κ3) is 8.02. The van der Waals surface area contributed by atoms with Crippen molar-refractivity contribution >= 4 is 21.8 Å². The third-order valence-electron chi connectivity index (χ3n) is 11.6. The summed E-state index contributed by atoms with van der Waals surface area (Å²) >= 11 is 0. The summed E-state index contributed by atoms with van der Waals surface area (Å²) in [5, 5.41) is 20.5. The number of hydrogen-bond donors (Lipinski definition) is 0. The summed E-state index contributed by atoms with van der Waals surface area (Å²) in [5.41, 5.74) is 4.37. The lowest BCUT2D eigenvalue weighted by Gasteiger charge is -2.19. The van der Waals surface area contributed by atoms with Gasteiger partial charge in [-0.3, -0.25) is 0 Å². The summed E-state index contributed by atoms with van der Waals surface area (Å²) in [6, 6.07) is 54.9. The second-order valence-electron chi connectivity index (χ2n) is 15.7. The largest absolute Gasteiger partial charge is 0.417 e. The summed E-state index contributed by atoms with van der Waals surface area (Å²) in [4.78, 5) is 14.8. The maximum atomic E-state index is 14.9. The van der Waals surface area contributed by atoms with Gasteiger partial charge in [-0.1, -0.05) is 109 Å². The molecular formula is C55H30F6N6. The van der Waals surface area contributed by atoms with Crippen molar-refractivity contribution in [3.05, 3.63) is 204 Å². The van der Waals surface area contributed by atoms with Crippen LogP contribution in [0.15, 0.2) is 182 Å². The Morgan fingerprint density at radius 1 is 0.388 bits per heavy atom. The molecule has 10 rings (SSSR count). The number of fused-ring (bicyclic) bond motifs is 3. The molecule has 0 amide bonds.